The molecular weight excluding hydrogens is 429 g/mol. The van der Waals surface area contributed by atoms with Crippen LogP contribution in [0.15, 0.2) is 33.8 Å². The highest BCUT2D eigenvalue weighted by Crippen LogP contribution is 2.27. The number of hydrogen-bond acceptors (Lipinski definition) is 4. The third kappa shape index (κ3) is 4.71. The summed E-state index contributed by atoms with van der Waals surface area (Å²) in [7, 11) is 1.83. The van der Waals surface area contributed by atoms with E-state index >= 15 is 0 Å². The van der Waals surface area contributed by atoms with Crippen LogP contribution in [0.25, 0.3) is 0 Å². The van der Waals surface area contributed by atoms with Crippen molar-refractivity contribution >= 4 is 35.6 Å². The molecule has 0 saturated heterocycles. The number of anilines is 1. The standard InChI is InChI=1S/C18H25N5O.HI/c1-13(2)17-21-16(24-22-17)9-6-11-20-18(19-3)23-12-10-14-7-4-5-8-15(14)23;/h4-5,7-8,13H,6,9-12H2,1-3H3,(H,19,20);1H. The van der Waals surface area contributed by atoms with Crippen LogP contribution in [0.5, 0.6) is 0 Å². The van der Waals surface area contributed by atoms with Gasteiger partial charge in [0.2, 0.25) is 5.89 Å². The zero-order valence-electron chi connectivity index (χ0n) is 15.0. The highest BCUT2D eigenvalue weighted by Gasteiger charge is 2.22. The number of nitrogens with one attached hydrogen (secondary N) is 1. The Bertz CT molecular complexity index is 713. The molecule has 1 aromatic heterocycles. The van der Waals surface area contributed by atoms with Gasteiger partial charge in [0, 0.05) is 38.2 Å². The van der Waals surface area contributed by atoms with E-state index in [2.05, 4.69) is 63.5 Å². The van der Waals surface area contributed by atoms with Crippen LogP contribution in [0, 0.1) is 0 Å². The number of aromatic nitrogens is 2. The molecule has 2 aromatic rings. The predicted octanol–water partition coefficient (Wildman–Crippen LogP) is 3.38. The first-order valence-corrected chi connectivity index (χ1v) is 8.57. The van der Waals surface area contributed by atoms with E-state index in [9.17, 15) is 0 Å². The molecule has 2 heterocycles. The maximum absolute atomic E-state index is 5.28. The molecule has 0 spiro atoms. The molecule has 25 heavy (non-hydrogen) atoms. The van der Waals surface area contributed by atoms with Gasteiger partial charge in [-0.2, -0.15) is 4.98 Å². The van der Waals surface area contributed by atoms with Crippen molar-refractivity contribution in [2.75, 3.05) is 25.0 Å². The van der Waals surface area contributed by atoms with E-state index in [1.807, 2.05) is 7.05 Å². The average Bonchev–Trinajstić information content (AvgIpc) is 3.22. The molecule has 1 aromatic carbocycles. The minimum atomic E-state index is 0. The van der Waals surface area contributed by atoms with Crippen molar-refractivity contribution in [2.45, 2.75) is 39.0 Å². The molecule has 1 N–H and O–H groups in total. The van der Waals surface area contributed by atoms with E-state index in [1.165, 1.54) is 11.3 Å². The lowest BCUT2D eigenvalue weighted by atomic mass is 10.2. The summed E-state index contributed by atoms with van der Waals surface area (Å²) < 4.78 is 5.28. The van der Waals surface area contributed by atoms with Crippen molar-refractivity contribution in [3.8, 4) is 0 Å². The summed E-state index contributed by atoms with van der Waals surface area (Å²) in [5, 5.41) is 7.43. The number of halogens is 1. The molecule has 1 aliphatic rings. The summed E-state index contributed by atoms with van der Waals surface area (Å²) in [6.07, 6.45) is 2.77. The molecular formula is C18H26IN5O. The fraction of sp³-hybridized carbons (Fsp3) is 0.500. The number of benzene rings is 1. The average molecular weight is 455 g/mol. The summed E-state index contributed by atoms with van der Waals surface area (Å²) in [5.74, 6) is 2.72. The van der Waals surface area contributed by atoms with Gasteiger partial charge in [0.15, 0.2) is 11.8 Å². The molecule has 0 atom stereocenters. The van der Waals surface area contributed by atoms with E-state index in [-0.39, 0.29) is 24.0 Å². The number of para-hydroxylation sites is 1. The van der Waals surface area contributed by atoms with Crippen LogP contribution in [0.1, 0.15) is 43.5 Å². The van der Waals surface area contributed by atoms with Gasteiger partial charge in [0.1, 0.15) is 0 Å². The zero-order valence-corrected chi connectivity index (χ0v) is 17.4. The minimum Gasteiger partial charge on any atom is -0.356 e. The molecule has 3 rings (SSSR count). The number of nitrogens with zero attached hydrogens (tertiary/aromatic N) is 4. The van der Waals surface area contributed by atoms with Crippen LogP contribution in [0.3, 0.4) is 0 Å². The van der Waals surface area contributed by atoms with Crippen molar-refractivity contribution in [3.63, 3.8) is 0 Å². The quantitative estimate of drug-likeness (QED) is 0.324. The van der Waals surface area contributed by atoms with Gasteiger partial charge in [-0.1, -0.05) is 37.2 Å². The third-order valence-corrected chi connectivity index (χ3v) is 4.21. The first kappa shape index (κ1) is 19.7. The Labute approximate surface area is 166 Å². The molecule has 1 aliphatic heterocycles. The Hall–Kier alpha value is -1.64. The summed E-state index contributed by atoms with van der Waals surface area (Å²) in [6.45, 7) is 5.92. The lowest BCUT2D eigenvalue weighted by molar-refractivity contribution is 0.368. The number of hydrogen-bond donors (Lipinski definition) is 1. The van der Waals surface area contributed by atoms with Gasteiger partial charge in [-0.3, -0.25) is 4.99 Å². The topological polar surface area (TPSA) is 66.5 Å². The largest absolute Gasteiger partial charge is 0.356 e. The van der Waals surface area contributed by atoms with Gasteiger partial charge in [-0.25, -0.2) is 0 Å². The molecule has 0 unspecified atom stereocenters. The number of aryl methyl sites for hydroxylation is 1. The van der Waals surface area contributed by atoms with Crippen LogP contribution >= 0.6 is 24.0 Å². The van der Waals surface area contributed by atoms with Crippen LogP contribution in [-0.2, 0) is 12.8 Å². The van der Waals surface area contributed by atoms with Crippen LogP contribution in [0.2, 0.25) is 0 Å². The molecule has 0 saturated carbocycles. The number of guanidine groups is 1. The van der Waals surface area contributed by atoms with Gasteiger partial charge in [0.25, 0.3) is 0 Å². The highest BCUT2D eigenvalue weighted by atomic mass is 127. The van der Waals surface area contributed by atoms with Crippen LogP contribution in [-0.4, -0.2) is 36.2 Å². The molecule has 0 amide bonds. The normalized spacial score (nSPS) is 13.8. The maximum Gasteiger partial charge on any atom is 0.226 e. The minimum absolute atomic E-state index is 0. The van der Waals surface area contributed by atoms with E-state index in [1.54, 1.807) is 0 Å². The number of rotatable bonds is 5. The van der Waals surface area contributed by atoms with Crippen molar-refractivity contribution in [3.05, 3.63) is 41.5 Å². The van der Waals surface area contributed by atoms with E-state index < -0.39 is 0 Å². The lowest BCUT2D eigenvalue weighted by Crippen LogP contribution is -2.41. The van der Waals surface area contributed by atoms with Gasteiger partial charge in [-0.05, 0) is 24.5 Å². The van der Waals surface area contributed by atoms with Crippen molar-refractivity contribution in [2.24, 2.45) is 4.99 Å². The Kier molecular flexibility index (Phi) is 7.22. The van der Waals surface area contributed by atoms with E-state index in [0.717, 1.165) is 44.1 Å². The second-order valence-electron chi connectivity index (χ2n) is 6.31. The molecule has 0 bridgehead atoms. The zero-order chi connectivity index (χ0) is 16.9. The van der Waals surface area contributed by atoms with Gasteiger partial charge >= 0.3 is 0 Å². The first-order chi connectivity index (χ1) is 11.7. The SMILES string of the molecule is CN=C(NCCCc1nc(C(C)C)no1)N1CCc2ccccc21.I. The predicted molar refractivity (Wildman–Crippen MR) is 111 cm³/mol. The van der Waals surface area contributed by atoms with E-state index in [0.29, 0.717) is 11.8 Å². The molecule has 0 fully saturated rings. The fourth-order valence-corrected chi connectivity index (χ4v) is 2.90. The lowest BCUT2D eigenvalue weighted by Gasteiger charge is -2.22. The van der Waals surface area contributed by atoms with Gasteiger partial charge < -0.3 is 14.7 Å². The second kappa shape index (κ2) is 9.17. The molecule has 6 nitrogen and oxygen atoms in total. The maximum atomic E-state index is 5.28. The van der Waals surface area contributed by atoms with Crippen LogP contribution < -0.4 is 10.2 Å². The van der Waals surface area contributed by atoms with Crippen molar-refractivity contribution in [1.29, 1.82) is 0 Å². The monoisotopic (exact) mass is 455 g/mol. The highest BCUT2D eigenvalue weighted by molar-refractivity contribution is 14.0. The van der Waals surface area contributed by atoms with Crippen molar-refractivity contribution in [1.82, 2.24) is 15.5 Å². The molecule has 0 aliphatic carbocycles. The Morgan fingerprint density at radius 1 is 1.36 bits per heavy atom. The summed E-state index contributed by atoms with van der Waals surface area (Å²) in [6, 6.07) is 8.51. The smallest absolute Gasteiger partial charge is 0.226 e. The third-order valence-electron chi connectivity index (χ3n) is 4.21. The number of fused-ring (bicyclic) bond motifs is 1. The Morgan fingerprint density at radius 2 is 2.16 bits per heavy atom. The first-order valence-electron chi connectivity index (χ1n) is 8.57. The summed E-state index contributed by atoms with van der Waals surface area (Å²) in [5.41, 5.74) is 2.64. The molecule has 0 radical (unpaired) electrons. The second-order valence-corrected chi connectivity index (χ2v) is 6.31. The summed E-state index contributed by atoms with van der Waals surface area (Å²) >= 11 is 0. The molecule has 7 heteroatoms. The Balaban J connectivity index is 0.00000225. The van der Waals surface area contributed by atoms with Crippen molar-refractivity contribution < 1.29 is 4.52 Å². The molecule has 136 valence electrons. The summed E-state index contributed by atoms with van der Waals surface area (Å²) in [4.78, 5) is 11.1. The van der Waals surface area contributed by atoms with Gasteiger partial charge in [-0.15, -0.1) is 24.0 Å². The Morgan fingerprint density at radius 3 is 2.88 bits per heavy atom. The number of aliphatic imine (C=N–C) groups is 1. The fourth-order valence-electron chi connectivity index (χ4n) is 2.90. The van der Waals surface area contributed by atoms with E-state index in [4.69, 9.17) is 4.52 Å². The van der Waals surface area contributed by atoms with Gasteiger partial charge in [0.05, 0.1) is 0 Å². The van der Waals surface area contributed by atoms with Crippen LogP contribution in [0.4, 0.5) is 5.69 Å².